The van der Waals surface area contributed by atoms with Crippen molar-refractivity contribution in [2.45, 2.75) is 43.6 Å². The third-order valence-electron chi connectivity index (χ3n) is 5.51. The number of methoxy groups -OCH3 is 1. The van der Waals surface area contributed by atoms with Crippen molar-refractivity contribution in [1.82, 2.24) is 4.90 Å². The van der Waals surface area contributed by atoms with Crippen molar-refractivity contribution in [2.75, 3.05) is 13.7 Å². The van der Waals surface area contributed by atoms with Crippen LogP contribution in [0.5, 0.6) is 0 Å². The van der Waals surface area contributed by atoms with E-state index in [1.807, 2.05) is 22.9 Å². The van der Waals surface area contributed by atoms with Gasteiger partial charge in [-0.3, -0.25) is 4.79 Å². The van der Waals surface area contributed by atoms with Crippen molar-refractivity contribution in [1.29, 1.82) is 0 Å². The van der Waals surface area contributed by atoms with Gasteiger partial charge in [-0.25, -0.2) is 4.79 Å². The summed E-state index contributed by atoms with van der Waals surface area (Å²) in [4.78, 5) is 30.4. The lowest BCUT2D eigenvalue weighted by atomic mass is 9.81. The monoisotopic (exact) mass is 375 g/mol. The number of carbonyl (C=O) groups excluding carboxylic acids is 2. The number of amides is 1. The largest absolute Gasteiger partial charge is 0.467 e. The topological polar surface area (TPSA) is 46.6 Å². The molecular formula is C19H21NO3S2. The van der Waals surface area contributed by atoms with Gasteiger partial charge >= 0.3 is 5.97 Å². The minimum absolute atomic E-state index is 0.0969. The van der Waals surface area contributed by atoms with E-state index >= 15 is 0 Å². The average Bonchev–Trinajstić information content (AvgIpc) is 3.40. The highest BCUT2D eigenvalue weighted by Gasteiger charge is 2.49. The Morgan fingerprint density at radius 3 is 2.68 bits per heavy atom. The standard InChI is InChI=1S/C19H21NO3S2/c1-23-17(21)16-13-7-12-24-14(13)6-10-20(16)18(22)19(8-2-3-9-19)15-5-4-11-25-15/h4-5,7,11-12,16H,2-3,6,8-10H2,1H3. The Labute approximate surface area is 155 Å². The molecule has 0 spiro atoms. The van der Waals surface area contributed by atoms with Gasteiger partial charge in [0.2, 0.25) is 5.91 Å². The fourth-order valence-corrected chi connectivity index (χ4v) is 6.15. The van der Waals surface area contributed by atoms with Gasteiger partial charge in [-0.2, -0.15) is 0 Å². The van der Waals surface area contributed by atoms with Gasteiger partial charge < -0.3 is 9.64 Å². The van der Waals surface area contributed by atoms with Gasteiger partial charge in [0.15, 0.2) is 6.04 Å². The predicted molar refractivity (Wildman–Crippen MR) is 99.0 cm³/mol. The predicted octanol–water partition coefficient (Wildman–Crippen LogP) is 3.92. The molecule has 0 N–H and O–H groups in total. The normalized spacial score (nSPS) is 21.8. The molecule has 4 nitrogen and oxygen atoms in total. The summed E-state index contributed by atoms with van der Waals surface area (Å²) in [5, 5.41) is 4.03. The van der Waals surface area contributed by atoms with Crippen LogP contribution in [-0.2, 0) is 26.2 Å². The summed E-state index contributed by atoms with van der Waals surface area (Å²) >= 11 is 3.31. The molecule has 0 aromatic carbocycles. The molecule has 2 aromatic rings. The highest BCUT2D eigenvalue weighted by atomic mass is 32.1. The van der Waals surface area contributed by atoms with E-state index in [2.05, 4.69) is 6.07 Å². The van der Waals surface area contributed by atoms with Gasteiger partial charge in [-0.05, 0) is 47.7 Å². The van der Waals surface area contributed by atoms with Crippen molar-refractivity contribution in [3.05, 3.63) is 44.3 Å². The molecule has 2 aromatic heterocycles. The first-order chi connectivity index (χ1) is 12.2. The fraction of sp³-hybridized carbons (Fsp3) is 0.474. The zero-order valence-electron chi connectivity index (χ0n) is 14.2. The zero-order chi connectivity index (χ0) is 17.4. The summed E-state index contributed by atoms with van der Waals surface area (Å²) < 4.78 is 5.06. The molecule has 1 saturated carbocycles. The maximum Gasteiger partial charge on any atom is 0.333 e. The van der Waals surface area contributed by atoms with Crippen LogP contribution in [0.1, 0.15) is 47.0 Å². The molecule has 1 aliphatic carbocycles. The van der Waals surface area contributed by atoms with Gasteiger partial charge in [-0.15, -0.1) is 22.7 Å². The summed E-state index contributed by atoms with van der Waals surface area (Å²) in [5.41, 5.74) is 0.476. The van der Waals surface area contributed by atoms with Crippen LogP contribution in [0.2, 0.25) is 0 Å². The first-order valence-electron chi connectivity index (χ1n) is 8.66. The first-order valence-corrected chi connectivity index (χ1v) is 10.4. The number of thiophene rings is 2. The van der Waals surface area contributed by atoms with E-state index in [-0.39, 0.29) is 11.9 Å². The van der Waals surface area contributed by atoms with Crippen molar-refractivity contribution in [3.63, 3.8) is 0 Å². The maximum absolute atomic E-state index is 13.7. The Balaban J connectivity index is 1.74. The summed E-state index contributed by atoms with van der Waals surface area (Å²) in [6, 6.07) is 5.44. The Bertz CT molecular complexity index is 774. The second kappa shape index (κ2) is 6.57. The van der Waals surface area contributed by atoms with Crippen molar-refractivity contribution >= 4 is 34.6 Å². The number of nitrogens with zero attached hydrogens (tertiary/aromatic N) is 1. The molecule has 1 unspecified atom stereocenters. The van der Waals surface area contributed by atoms with E-state index in [4.69, 9.17) is 4.74 Å². The van der Waals surface area contributed by atoms with Gasteiger partial charge in [0.1, 0.15) is 0 Å². The average molecular weight is 376 g/mol. The van der Waals surface area contributed by atoms with Gasteiger partial charge in [-0.1, -0.05) is 18.9 Å². The Morgan fingerprint density at radius 2 is 2.00 bits per heavy atom. The minimum Gasteiger partial charge on any atom is -0.467 e. The molecule has 2 aliphatic rings. The molecular weight excluding hydrogens is 354 g/mol. The van der Waals surface area contributed by atoms with Crippen LogP contribution in [0.15, 0.2) is 29.0 Å². The van der Waals surface area contributed by atoms with E-state index < -0.39 is 11.5 Å². The number of ether oxygens (including phenoxy) is 1. The molecule has 0 radical (unpaired) electrons. The van der Waals surface area contributed by atoms with E-state index in [1.165, 1.54) is 12.0 Å². The maximum atomic E-state index is 13.7. The van der Waals surface area contributed by atoms with Crippen LogP contribution in [0.4, 0.5) is 0 Å². The molecule has 0 bridgehead atoms. The number of esters is 1. The molecule has 6 heteroatoms. The zero-order valence-corrected chi connectivity index (χ0v) is 15.8. The van der Waals surface area contributed by atoms with E-state index in [1.54, 1.807) is 27.6 Å². The number of hydrogen-bond donors (Lipinski definition) is 0. The third-order valence-corrected chi connectivity index (χ3v) is 7.58. The molecule has 132 valence electrons. The number of fused-ring (bicyclic) bond motifs is 1. The van der Waals surface area contributed by atoms with Gasteiger partial charge in [0, 0.05) is 16.3 Å². The lowest BCUT2D eigenvalue weighted by molar-refractivity contribution is -0.156. The highest BCUT2D eigenvalue weighted by Crippen LogP contribution is 2.46. The number of rotatable bonds is 3. The Kier molecular flexibility index (Phi) is 4.41. The number of carbonyl (C=O) groups is 2. The molecule has 1 aliphatic heterocycles. The second-order valence-corrected chi connectivity index (χ2v) is 8.69. The smallest absolute Gasteiger partial charge is 0.333 e. The summed E-state index contributed by atoms with van der Waals surface area (Å²) in [6.45, 7) is 0.583. The fourth-order valence-electron chi connectivity index (χ4n) is 4.27. The van der Waals surface area contributed by atoms with Gasteiger partial charge in [0.25, 0.3) is 0 Å². The summed E-state index contributed by atoms with van der Waals surface area (Å²) in [6.07, 6.45) is 4.67. The minimum atomic E-state index is -0.607. The highest BCUT2D eigenvalue weighted by molar-refractivity contribution is 7.10. The van der Waals surface area contributed by atoms with E-state index in [9.17, 15) is 9.59 Å². The summed E-state index contributed by atoms with van der Waals surface area (Å²) in [5.74, 6) is -0.244. The Hall–Kier alpha value is -1.66. The lowest BCUT2D eigenvalue weighted by Gasteiger charge is -2.39. The van der Waals surface area contributed by atoms with Crippen molar-refractivity contribution in [2.24, 2.45) is 0 Å². The van der Waals surface area contributed by atoms with E-state index in [0.29, 0.717) is 6.54 Å². The summed E-state index contributed by atoms with van der Waals surface area (Å²) in [7, 11) is 1.40. The molecule has 1 amide bonds. The van der Waals surface area contributed by atoms with Crippen LogP contribution < -0.4 is 0 Å². The van der Waals surface area contributed by atoms with Crippen LogP contribution in [0.25, 0.3) is 0 Å². The molecule has 4 rings (SSSR count). The first kappa shape index (κ1) is 16.8. The Morgan fingerprint density at radius 1 is 1.20 bits per heavy atom. The van der Waals surface area contributed by atoms with Crippen LogP contribution in [0, 0.1) is 0 Å². The quantitative estimate of drug-likeness (QED) is 0.764. The molecule has 1 atom stereocenters. The molecule has 25 heavy (non-hydrogen) atoms. The van der Waals surface area contributed by atoms with Gasteiger partial charge in [0.05, 0.1) is 12.5 Å². The molecule has 0 saturated heterocycles. The van der Waals surface area contributed by atoms with Crippen LogP contribution in [-0.4, -0.2) is 30.4 Å². The van der Waals surface area contributed by atoms with E-state index in [0.717, 1.165) is 42.5 Å². The van der Waals surface area contributed by atoms with Crippen LogP contribution >= 0.6 is 22.7 Å². The molecule has 1 fully saturated rings. The lowest BCUT2D eigenvalue weighted by Crippen LogP contribution is -2.51. The third kappa shape index (κ3) is 2.62. The SMILES string of the molecule is COC(=O)C1c2ccsc2CCN1C(=O)C1(c2cccs2)CCCC1. The number of hydrogen-bond acceptors (Lipinski definition) is 5. The molecule has 3 heterocycles. The second-order valence-electron chi connectivity index (χ2n) is 6.74. The van der Waals surface area contributed by atoms with Crippen molar-refractivity contribution in [3.8, 4) is 0 Å². The van der Waals surface area contributed by atoms with Crippen molar-refractivity contribution < 1.29 is 14.3 Å². The van der Waals surface area contributed by atoms with Crippen LogP contribution in [0.3, 0.4) is 0 Å².